The van der Waals surface area contributed by atoms with Gasteiger partial charge in [-0.3, -0.25) is 0 Å². The Bertz CT molecular complexity index is 675. The Morgan fingerprint density at radius 1 is 1.19 bits per heavy atom. The van der Waals surface area contributed by atoms with Gasteiger partial charge in [0.1, 0.15) is 5.82 Å². The van der Waals surface area contributed by atoms with Crippen molar-refractivity contribution in [2.45, 2.75) is 32.2 Å². The number of benzene rings is 2. The van der Waals surface area contributed by atoms with E-state index >= 15 is 0 Å². The van der Waals surface area contributed by atoms with Gasteiger partial charge in [-0.2, -0.15) is 0 Å². The second-order valence-electron chi connectivity index (χ2n) is 5.68. The van der Waals surface area contributed by atoms with Crippen LogP contribution in [-0.4, -0.2) is 0 Å². The molecule has 0 aromatic heterocycles. The first-order valence-corrected chi connectivity index (χ1v) is 7.45. The quantitative estimate of drug-likeness (QED) is 0.854. The zero-order valence-electron chi connectivity index (χ0n) is 12.3. The molecule has 0 heterocycles. The Labute approximate surface area is 125 Å². The summed E-state index contributed by atoms with van der Waals surface area (Å²) in [6, 6.07) is 14.0. The molecule has 2 heteroatoms. The molecule has 2 aromatic rings. The van der Waals surface area contributed by atoms with E-state index in [2.05, 4.69) is 36.2 Å². The van der Waals surface area contributed by atoms with Gasteiger partial charge in [0.15, 0.2) is 0 Å². The SMILES string of the molecule is C=C(NC1CCCc2ccccc21)c1cccc(F)c1C. The minimum absolute atomic E-state index is 0.181. The van der Waals surface area contributed by atoms with Gasteiger partial charge in [-0.1, -0.05) is 43.0 Å². The van der Waals surface area contributed by atoms with Crippen LogP contribution in [0, 0.1) is 12.7 Å². The molecule has 21 heavy (non-hydrogen) atoms. The number of halogens is 1. The molecule has 1 aliphatic carbocycles. The van der Waals surface area contributed by atoms with Gasteiger partial charge in [-0.15, -0.1) is 0 Å². The number of hydrogen-bond donors (Lipinski definition) is 1. The fourth-order valence-electron chi connectivity index (χ4n) is 3.13. The topological polar surface area (TPSA) is 12.0 Å². The minimum atomic E-state index is -0.181. The summed E-state index contributed by atoms with van der Waals surface area (Å²) in [5.74, 6) is -0.181. The van der Waals surface area contributed by atoms with Crippen LogP contribution in [0.2, 0.25) is 0 Å². The molecule has 1 atom stereocenters. The number of hydrogen-bond acceptors (Lipinski definition) is 1. The second-order valence-corrected chi connectivity index (χ2v) is 5.68. The predicted molar refractivity (Wildman–Crippen MR) is 85.4 cm³/mol. The van der Waals surface area contributed by atoms with Gasteiger partial charge >= 0.3 is 0 Å². The van der Waals surface area contributed by atoms with Crippen LogP contribution in [0.4, 0.5) is 4.39 Å². The Morgan fingerprint density at radius 2 is 2.00 bits per heavy atom. The van der Waals surface area contributed by atoms with E-state index in [-0.39, 0.29) is 11.9 Å². The number of nitrogens with one attached hydrogen (secondary N) is 1. The van der Waals surface area contributed by atoms with Crippen LogP contribution >= 0.6 is 0 Å². The van der Waals surface area contributed by atoms with E-state index in [1.54, 1.807) is 13.0 Å². The van der Waals surface area contributed by atoms with E-state index < -0.39 is 0 Å². The van der Waals surface area contributed by atoms with Gasteiger partial charge in [0.2, 0.25) is 0 Å². The summed E-state index contributed by atoms with van der Waals surface area (Å²) >= 11 is 0. The van der Waals surface area contributed by atoms with Gasteiger partial charge in [0, 0.05) is 11.3 Å². The Balaban J connectivity index is 1.85. The zero-order chi connectivity index (χ0) is 14.8. The van der Waals surface area contributed by atoms with Crippen LogP contribution in [0.1, 0.15) is 41.1 Å². The highest BCUT2D eigenvalue weighted by Gasteiger charge is 2.20. The monoisotopic (exact) mass is 281 g/mol. The van der Waals surface area contributed by atoms with Crippen molar-refractivity contribution in [1.29, 1.82) is 0 Å². The van der Waals surface area contributed by atoms with E-state index in [4.69, 9.17) is 0 Å². The van der Waals surface area contributed by atoms with Crippen LogP contribution in [0.3, 0.4) is 0 Å². The lowest BCUT2D eigenvalue weighted by atomic mass is 9.87. The van der Waals surface area contributed by atoms with E-state index in [9.17, 15) is 4.39 Å². The summed E-state index contributed by atoms with van der Waals surface area (Å²) in [5, 5.41) is 3.50. The molecule has 108 valence electrons. The highest BCUT2D eigenvalue weighted by Crippen LogP contribution is 2.31. The van der Waals surface area contributed by atoms with E-state index in [1.807, 2.05) is 6.07 Å². The number of rotatable bonds is 3. The van der Waals surface area contributed by atoms with Crippen LogP contribution in [-0.2, 0) is 6.42 Å². The third-order valence-electron chi connectivity index (χ3n) is 4.31. The normalized spacial score (nSPS) is 17.1. The first-order chi connectivity index (χ1) is 10.2. The van der Waals surface area contributed by atoms with Crippen molar-refractivity contribution >= 4 is 5.70 Å². The minimum Gasteiger partial charge on any atom is -0.378 e. The molecule has 0 fully saturated rings. The molecule has 1 nitrogen and oxygen atoms in total. The first-order valence-electron chi connectivity index (χ1n) is 7.45. The Hall–Kier alpha value is -2.09. The summed E-state index contributed by atoms with van der Waals surface area (Å²) < 4.78 is 13.7. The van der Waals surface area contributed by atoms with Crippen molar-refractivity contribution in [2.24, 2.45) is 0 Å². The molecule has 0 spiro atoms. The highest BCUT2D eigenvalue weighted by atomic mass is 19.1. The maximum atomic E-state index is 13.7. The van der Waals surface area contributed by atoms with Crippen molar-refractivity contribution in [3.05, 3.63) is 77.1 Å². The lowest BCUT2D eigenvalue weighted by Crippen LogP contribution is -2.24. The Morgan fingerprint density at radius 3 is 2.86 bits per heavy atom. The highest BCUT2D eigenvalue weighted by molar-refractivity contribution is 5.65. The maximum Gasteiger partial charge on any atom is 0.126 e. The molecule has 0 saturated carbocycles. The predicted octanol–water partition coefficient (Wildman–Crippen LogP) is 4.77. The van der Waals surface area contributed by atoms with Crippen LogP contribution in [0.25, 0.3) is 5.70 Å². The summed E-state index contributed by atoms with van der Waals surface area (Å²) in [6.07, 6.45) is 3.40. The molecule has 1 aliphatic rings. The van der Waals surface area contributed by atoms with Gasteiger partial charge in [0.05, 0.1) is 6.04 Å². The largest absolute Gasteiger partial charge is 0.378 e. The summed E-state index contributed by atoms with van der Waals surface area (Å²) in [4.78, 5) is 0. The van der Waals surface area contributed by atoms with Crippen molar-refractivity contribution in [3.63, 3.8) is 0 Å². The first kappa shape index (κ1) is 13.9. The molecular weight excluding hydrogens is 261 g/mol. The van der Waals surface area contributed by atoms with Gasteiger partial charge in [-0.05, 0) is 48.9 Å². The molecule has 2 aromatic carbocycles. The third-order valence-corrected chi connectivity index (χ3v) is 4.31. The third kappa shape index (κ3) is 2.71. The number of fused-ring (bicyclic) bond motifs is 1. The van der Waals surface area contributed by atoms with E-state index in [0.29, 0.717) is 5.56 Å². The standard InChI is InChI=1S/C19H20FN/c1-13-16(10-6-11-18(13)20)14(2)21-19-12-5-8-15-7-3-4-9-17(15)19/h3-4,6-7,9-11,19,21H,2,5,8,12H2,1H3. The van der Waals surface area contributed by atoms with E-state index in [1.165, 1.54) is 23.6 Å². The van der Waals surface area contributed by atoms with Crippen molar-refractivity contribution < 1.29 is 4.39 Å². The number of aryl methyl sites for hydroxylation is 1. The average molecular weight is 281 g/mol. The molecule has 3 rings (SSSR count). The molecule has 1 unspecified atom stereocenters. The average Bonchev–Trinajstić information content (AvgIpc) is 2.50. The van der Waals surface area contributed by atoms with Crippen molar-refractivity contribution in [1.82, 2.24) is 5.32 Å². The summed E-state index contributed by atoms with van der Waals surface area (Å²) in [6.45, 7) is 5.91. The van der Waals surface area contributed by atoms with Gasteiger partial charge in [-0.25, -0.2) is 4.39 Å². The van der Waals surface area contributed by atoms with Crippen LogP contribution in [0.15, 0.2) is 49.0 Å². The smallest absolute Gasteiger partial charge is 0.126 e. The molecule has 0 saturated heterocycles. The molecule has 1 N–H and O–H groups in total. The van der Waals surface area contributed by atoms with Crippen molar-refractivity contribution in [3.8, 4) is 0 Å². The molecule has 0 bridgehead atoms. The van der Waals surface area contributed by atoms with Gasteiger partial charge in [0.25, 0.3) is 0 Å². The molecule has 0 aliphatic heterocycles. The van der Waals surface area contributed by atoms with E-state index in [0.717, 1.165) is 24.1 Å². The lowest BCUT2D eigenvalue weighted by molar-refractivity contribution is 0.520. The van der Waals surface area contributed by atoms with Crippen molar-refractivity contribution in [2.75, 3.05) is 0 Å². The van der Waals surface area contributed by atoms with Gasteiger partial charge < -0.3 is 5.32 Å². The Kier molecular flexibility index (Phi) is 3.78. The lowest BCUT2D eigenvalue weighted by Gasteiger charge is -2.28. The summed E-state index contributed by atoms with van der Waals surface area (Å²) in [7, 11) is 0. The molecule has 0 radical (unpaired) electrons. The zero-order valence-corrected chi connectivity index (χ0v) is 12.3. The maximum absolute atomic E-state index is 13.7. The second kappa shape index (κ2) is 5.72. The summed E-state index contributed by atoms with van der Waals surface area (Å²) in [5.41, 5.74) is 5.06. The van der Waals surface area contributed by atoms with Crippen LogP contribution in [0.5, 0.6) is 0 Å². The fraction of sp³-hybridized carbons (Fsp3) is 0.263. The fourth-order valence-corrected chi connectivity index (χ4v) is 3.13. The van der Waals surface area contributed by atoms with Crippen LogP contribution < -0.4 is 5.32 Å². The molecular formula is C19H20FN. The molecule has 0 amide bonds.